The summed E-state index contributed by atoms with van der Waals surface area (Å²) in [6.45, 7) is 6.89. The van der Waals surface area contributed by atoms with Crippen LogP contribution in [0.5, 0.6) is 0 Å². The third-order valence-electron chi connectivity index (χ3n) is 3.43. The van der Waals surface area contributed by atoms with Crippen LogP contribution in [0.4, 0.5) is 0 Å². The predicted molar refractivity (Wildman–Crippen MR) is 83.6 cm³/mol. The Balaban J connectivity index is 1.91. The third-order valence-corrected chi connectivity index (χ3v) is 4.35. The highest BCUT2D eigenvalue weighted by Gasteiger charge is 2.13. The summed E-state index contributed by atoms with van der Waals surface area (Å²) in [4.78, 5) is 4.33. The van der Waals surface area contributed by atoms with Gasteiger partial charge in [0.2, 0.25) is 0 Å². The van der Waals surface area contributed by atoms with Crippen molar-refractivity contribution < 1.29 is 0 Å². The van der Waals surface area contributed by atoms with Crippen molar-refractivity contribution in [3.8, 4) is 0 Å². The first-order valence-electron chi connectivity index (χ1n) is 7.08. The summed E-state index contributed by atoms with van der Waals surface area (Å²) in [7, 11) is 2.03. The summed E-state index contributed by atoms with van der Waals surface area (Å²) in [5.74, 6) is 1.11. The van der Waals surface area contributed by atoms with E-state index in [4.69, 9.17) is 0 Å². The number of hydrogen-bond donors (Lipinski definition) is 1. The van der Waals surface area contributed by atoms with E-state index < -0.39 is 0 Å². The Bertz CT molecular complexity index is 558. The van der Waals surface area contributed by atoms with Gasteiger partial charge in [0.15, 0.2) is 0 Å². The van der Waals surface area contributed by atoms with Crippen molar-refractivity contribution in [3.05, 3.63) is 34.1 Å². The van der Waals surface area contributed by atoms with Gasteiger partial charge in [-0.3, -0.25) is 4.68 Å². The Labute approximate surface area is 128 Å². The van der Waals surface area contributed by atoms with E-state index in [0.29, 0.717) is 0 Å². The Morgan fingerprint density at radius 2 is 2.15 bits per heavy atom. The maximum absolute atomic E-state index is 4.60. The van der Waals surface area contributed by atoms with E-state index in [2.05, 4.69) is 54.4 Å². The number of nitrogens with one attached hydrogen (secondary N) is 1. The molecule has 0 fully saturated rings. The van der Waals surface area contributed by atoms with Crippen LogP contribution in [0.15, 0.2) is 16.9 Å². The molecule has 0 spiro atoms. The van der Waals surface area contributed by atoms with Gasteiger partial charge in [0, 0.05) is 45.5 Å². The zero-order chi connectivity index (χ0) is 14.5. The van der Waals surface area contributed by atoms with E-state index in [1.165, 1.54) is 5.69 Å². The molecule has 2 aromatic heterocycles. The van der Waals surface area contributed by atoms with Crippen molar-refractivity contribution in [3.63, 3.8) is 0 Å². The summed E-state index contributed by atoms with van der Waals surface area (Å²) in [5, 5.41) is 8.08. The molecule has 20 heavy (non-hydrogen) atoms. The maximum Gasteiger partial charge on any atom is 0.109 e. The van der Waals surface area contributed by atoms with E-state index in [1.807, 2.05) is 19.4 Å². The van der Waals surface area contributed by atoms with Gasteiger partial charge in [-0.2, -0.15) is 5.10 Å². The van der Waals surface area contributed by atoms with Crippen molar-refractivity contribution >= 4 is 15.9 Å². The molecule has 0 unspecified atom stereocenters. The lowest BCUT2D eigenvalue weighted by Gasteiger charge is -2.07. The molecule has 0 saturated heterocycles. The monoisotopic (exact) mass is 339 g/mol. The zero-order valence-corrected chi connectivity index (χ0v) is 13.9. The van der Waals surface area contributed by atoms with Gasteiger partial charge in [0.1, 0.15) is 5.82 Å². The molecule has 2 heterocycles. The molecular weight excluding hydrogens is 318 g/mol. The van der Waals surface area contributed by atoms with E-state index >= 15 is 0 Å². The van der Waals surface area contributed by atoms with Crippen molar-refractivity contribution in [1.29, 1.82) is 0 Å². The Morgan fingerprint density at radius 1 is 1.35 bits per heavy atom. The number of hydrogen-bond acceptors (Lipinski definition) is 3. The molecule has 0 atom stereocenters. The lowest BCUT2D eigenvalue weighted by Crippen LogP contribution is -2.20. The Hall–Kier alpha value is -1.14. The van der Waals surface area contributed by atoms with Crippen molar-refractivity contribution in [2.24, 2.45) is 7.05 Å². The van der Waals surface area contributed by atoms with E-state index in [0.717, 1.165) is 48.5 Å². The van der Waals surface area contributed by atoms with Crippen LogP contribution in [0.3, 0.4) is 0 Å². The highest BCUT2D eigenvalue weighted by molar-refractivity contribution is 9.10. The van der Waals surface area contributed by atoms with Gasteiger partial charge in [-0.25, -0.2) is 4.98 Å². The van der Waals surface area contributed by atoms with Gasteiger partial charge in [-0.15, -0.1) is 0 Å². The third kappa shape index (κ3) is 3.30. The lowest BCUT2D eigenvalue weighted by molar-refractivity contribution is 0.572. The van der Waals surface area contributed by atoms with Gasteiger partial charge in [-0.1, -0.05) is 6.92 Å². The maximum atomic E-state index is 4.60. The van der Waals surface area contributed by atoms with Crippen molar-refractivity contribution in [2.45, 2.75) is 39.8 Å². The van der Waals surface area contributed by atoms with Crippen LogP contribution in [0, 0.1) is 0 Å². The molecule has 5 nitrogen and oxygen atoms in total. The molecular formula is C14H22BrN5. The predicted octanol–water partition coefficient (Wildman–Crippen LogP) is 2.29. The molecule has 0 bridgehead atoms. The molecule has 0 amide bonds. The number of nitrogens with zero attached hydrogens (tertiary/aromatic N) is 4. The zero-order valence-electron chi connectivity index (χ0n) is 12.4. The van der Waals surface area contributed by atoms with Gasteiger partial charge in [-0.05, 0) is 29.3 Å². The minimum absolute atomic E-state index is 0.825. The fourth-order valence-corrected chi connectivity index (χ4v) is 2.94. The highest BCUT2D eigenvalue weighted by atomic mass is 79.9. The fraction of sp³-hybridized carbons (Fsp3) is 0.571. The molecule has 2 aromatic rings. The van der Waals surface area contributed by atoms with Gasteiger partial charge < -0.3 is 9.88 Å². The van der Waals surface area contributed by atoms with Crippen molar-refractivity contribution in [2.75, 3.05) is 6.54 Å². The summed E-state index contributed by atoms with van der Waals surface area (Å²) in [6.07, 6.45) is 5.70. The SMILES string of the molecule is CCc1nn(CC)c(CNCCc2nccn2C)c1Br. The fourth-order valence-electron chi connectivity index (χ4n) is 2.23. The molecule has 6 heteroatoms. The van der Waals surface area contributed by atoms with Crippen LogP contribution in [-0.4, -0.2) is 25.9 Å². The van der Waals surface area contributed by atoms with Gasteiger partial charge in [0.25, 0.3) is 0 Å². The standard InChI is InChI=1S/C14H22BrN5/c1-4-11-14(15)12(20(5-2)18-11)10-16-7-6-13-17-8-9-19(13)3/h8-9,16H,4-7,10H2,1-3H3. The second-order valence-electron chi connectivity index (χ2n) is 4.76. The second kappa shape index (κ2) is 7.04. The lowest BCUT2D eigenvalue weighted by atomic mass is 10.3. The van der Waals surface area contributed by atoms with Crippen LogP contribution in [0.1, 0.15) is 31.1 Å². The minimum atomic E-state index is 0.825. The number of rotatable bonds is 7. The van der Waals surface area contributed by atoms with Crippen LogP contribution < -0.4 is 5.32 Å². The largest absolute Gasteiger partial charge is 0.338 e. The number of imidazole rings is 1. The first-order chi connectivity index (χ1) is 9.67. The molecule has 2 rings (SSSR count). The van der Waals surface area contributed by atoms with Gasteiger partial charge in [0.05, 0.1) is 15.9 Å². The molecule has 1 N–H and O–H groups in total. The van der Waals surface area contributed by atoms with E-state index in [1.54, 1.807) is 0 Å². The number of aryl methyl sites for hydroxylation is 3. The highest BCUT2D eigenvalue weighted by Crippen LogP contribution is 2.22. The molecule has 0 aromatic carbocycles. The molecule has 0 aliphatic carbocycles. The van der Waals surface area contributed by atoms with Crippen LogP contribution >= 0.6 is 15.9 Å². The van der Waals surface area contributed by atoms with Gasteiger partial charge >= 0.3 is 0 Å². The van der Waals surface area contributed by atoms with Crippen LogP contribution in [0.25, 0.3) is 0 Å². The van der Waals surface area contributed by atoms with Crippen LogP contribution in [-0.2, 0) is 33.0 Å². The minimum Gasteiger partial charge on any atom is -0.338 e. The summed E-state index contributed by atoms with van der Waals surface area (Å²) < 4.78 is 5.27. The normalized spacial score (nSPS) is 11.2. The first-order valence-corrected chi connectivity index (χ1v) is 7.87. The molecule has 0 aliphatic heterocycles. The van der Waals surface area contributed by atoms with Crippen molar-refractivity contribution in [1.82, 2.24) is 24.6 Å². The van der Waals surface area contributed by atoms with E-state index in [9.17, 15) is 0 Å². The topological polar surface area (TPSA) is 47.7 Å². The number of aromatic nitrogens is 4. The molecule has 0 radical (unpaired) electrons. The quantitative estimate of drug-likeness (QED) is 0.787. The van der Waals surface area contributed by atoms with Crippen LogP contribution in [0.2, 0.25) is 0 Å². The average molecular weight is 340 g/mol. The second-order valence-corrected chi connectivity index (χ2v) is 5.55. The molecule has 0 aliphatic rings. The average Bonchev–Trinajstić information content (AvgIpc) is 2.99. The Morgan fingerprint density at radius 3 is 2.75 bits per heavy atom. The first kappa shape index (κ1) is 15.3. The van der Waals surface area contributed by atoms with E-state index in [-0.39, 0.29) is 0 Å². The molecule has 110 valence electrons. The smallest absolute Gasteiger partial charge is 0.109 e. The Kier molecular flexibility index (Phi) is 5.37. The summed E-state index contributed by atoms with van der Waals surface area (Å²) in [5.41, 5.74) is 2.36. The number of halogens is 1. The summed E-state index contributed by atoms with van der Waals surface area (Å²) >= 11 is 3.67. The summed E-state index contributed by atoms with van der Waals surface area (Å²) in [6, 6.07) is 0. The molecule has 0 saturated carbocycles.